The summed E-state index contributed by atoms with van der Waals surface area (Å²) in [6.07, 6.45) is 0.887. The van der Waals surface area contributed by atoms with Crippen LogP contribution in [0.2, 0.25) is 5.02 Å². The molecule has 0 saturated heterocycles. The van der Waals surface area contributed by atoms with Gasteiger partial charge in [-0.15, -0.1) is 13.2 Å². The van der Waals surface area contributed by atoms with Gasteiger partial charge in [0.25, 0.3) is 0 Å². The normalized spacial score (nSPS) is 18.4. The van der Waals surface area contributed by atoms with Gasteiger partial charge in [0, 0.05) is 30.4 Å². The molecule has 4 N–H and O–H groups in total. The number of nitrogens with two attached hydrogens (primary N) is 1. The molecule has 34 heavy (non-hydrogen) atoms. The predicted molar refractivity (Wildman–Crippen MR) is 127 cm³/mol. The Labute approximate surface area is 200 Å². The van der Waals surface area contributed by atoms with Crippen LogP contribution in [0.25, 0.3) is 11.3 Å². The van der Waals surface area contributed by atoms with Crippen LogP contribution >= 0.6 is 11.6 Å². The van der Waals surface area contributed by atoms with Crippen molar-refractivity contribution in [3.05, 3.63) is 65.3 Å². The molecule has 2 aromatic heterocycles. The highest BCUT2D eigenvalue weighted by Gasteiger charge is 2.30. The van der Waals surface area contributed by atoms with Gasteiger partial charge in [0.15, 0.2) is 0 Å². The molecule has 4 rings (SSSR count). The van der Waals surface area contributed by atoms with Gasteiger partial charge in [0.1, 0.15) is 17.4 Å². The SMILES string of the molecule is NC1CCC(Nc2cc(-c3cccc(NCc4ccc(OC(F)(F)F)cc4)n3)c(Cl)cn2)CC1. The van der Waals surface area contributed by atoms with Crippen LogP contribution in [0.1, 0.15) is 31.2 Å². The number of anilines is 2. The van der Waals surface area contributed by atoms with E-state index >= 15 is 0 Å². The van der Waals surface area contributed by atoms with Crippen LogP contribution in [0, 0.1) is 0 Å². The zero-order valence-electron chi connectivity index (χ0n) is 18.3. The molecule has 1 aliphatic carbocycles. The monoisotopic (exact) mass is 491 g/mol. The molecule has 0 unspecified atom stereocenters. The number of benzene rings is 1. The maximum Gasteiger partial charge on any atom is 0.573 e. The molecule has 1 aromatic carbocycles. The number of aromatic nitrogens is 2. The van der Waals surface area contributed by atoms with Gasteiger partial charge in [0.2, 0.25) is 0 Å². The van der Waals surface area contributed by atoms with Gasteiger partial charge in [-0.25, -0.2) is 9.97 Å². The van der Waals surface area contributed by atoms with Crippen molar-refractivity contribution in [3.8, 4) is 17.0 Å². The van der Waals surface area contributed by atoms with Gasteiger partial charge >= 0.3 is 6.36 Å². The Kier molecular flexibility index (Phi) is 7.43. The lowest BCUT2D eigenvalue weighted by Crippen LogP contribution is -2.33. The molecule has 1 fully saturated rings. The molecule has 0 spiro atoms. The summed E-state index contributed by atoms with van der Waals surface area (Å²) >= 11 is 6.42. The molecule has 0 bridgehead atoms. The minimum atomic E-state index is -4.71. The minimum absolute atomic E-state index is 0.260. The third-order valence-corrected chi connectivity index (χ3v) is 5.94. The predicted octanol–water partition coefficient (Wildman–Crippen LogP) is 5.99. The number of nitrogens with zero attached hydrogens (tertiary/aromatic N) is 2. The Balaban J connectivity index is 1.42. The lowest BCUT2D eigenvalue weighted by Gasteiger charge is -2.27. The topological polar surface area (TPSA) is 85.1 Å². The van der Waals surface area contributed by atoms with E-state index in [1.807, 2.05) is 24.3 Å². The van der Waals surface area contributed by atoms with Gasteiger partial charge < -0.3 is 21.1 Å². The zero-order valence-corrected chi connectivity index (χ0v) is 19.0. The van der Waals surface area contributed by atoms with Crippen LogP contribution in [0.15, 0.2) is 54.7 Å². The first-order valence-electron chi connectivity index (χ1n) is 11.0. The third-order valence-electron chi connectivity index (χ3n) is 5.63. The average Bonchev–Trinajstić information content (AvgIpc) is 2.80. The second-order valence-corrected chi connectivity index (χ2v) is 8.67. The number of rotatable bonds is 7. The maximum absolute atomic E-state index is 12.3. The highest BCUT2D eigenvalue weighted by atomic mass is 35.5. The van der Waals surface area contributed by atoms with E-state index in [9.17, 15) is 13.2 Å². The van der Waals surface area contributed by atoms with E-state index in [0.717, 1.165) is 42.6 Å². The summed E-state index contributed by atoms with van der Waals surface area (Å²) in [5.74, 6) is 1.09. The van der Waals surface area contributed by atoms with Gasteiger partial charge in [-0.3, -0.25) is 0 Å². The van der Waals surface area contributed by atoms with Crippen LogP contribution in [-0.4, -0.2) is 28.4 Å². The van der Waals surface area contributed by atoms with E-state index in [4.69, 9.17) is 17.3 Å². The standard InChI is InChI=1S/C24H25ClF3N5O/c25-20-14-31-23(32-17-8-6-16(29)7-9-17)12-19(20)21-2-1-3-22(33-21)30-13-15-4-10-18(11-5-15)34-24(26,27)28/h1-5,10-12,14,16-17H,6-9,13,29H2,(H,30,33)(H,31,32). The fraction of sp³-hybridized carbons (Fsp3) is 0.333. The van der Waals surface area contributed by atoms with E-state index in [0.29, 0.717) is 29.1 Å². The van der Waals surface area contributed by atoms with E-state index in [1.165, 1.54) is 12.1 Å². The number of hydrogen-bond acceptors (Lipinski definition) is 6. The summed E-state index contributed by atoms with van der Waals surface area (Å²) in [4.78, 5) is 9.05. The molecule has 1 aliphatic rings. The molecule has 180 valence electrons. The summed E-state index contributed by atoms with van der Waals surface area (Å²) < 4.78 is 40.8. The molecule has 0 radical (unpaired) electrons. The molecule has 1 saturated carbocycles. The number of pyridine rings is 2. The van der Waals surface area contributed by atoms with Crippen LogP contribution in [0.4, 0.5) is 24.8 Å². The largest absolute Gasteiger partial charge is 0.573 e. The molecule has 0 amide bonds. The van der Waals surface area contributed by atoms with Crippen LogP contribution in [-0.2, 0) is 6.54 Å². The summed E-state index contributed by atoms with van der Waals surface area (Å²) in [5, 5.41) is 7.14. The summed E-state index contributed by atoms with van der Waals surface area (Å²) in [5.41, 5.74) is 8.21. The van der Waals surface area contributed by atoms with Gasteiger partial charge in [-0.1, -0.05) is 29.8 Å². The van der Waals surface area contributed by atoms with Crippen molar-refractivity contribution in [2.75, 3.05) is 10.6 Å². The summed E-state index contributed by atoms with van der Waals surface area (Å²) in [6.45, 7) is 0.378. The Morgan fingerprint density at radius 2 is 1.76 bits per heavy atom. The molecule has 0 atom stereocenters. The zero-order chi connectivity index (χ0) is 24.1. The molecule has 10 heteroatoms. The van der Waals surface area contributed by atoms with Gasteiger partial charge in [0.05, 0.1) is 10.7 Å². The molecule has 2 heterocycles. The van der Waals surface area contributed by atoms with Crippen molar-refractivity contribution >= 4 is 23.2 Å². The van der Waals surface area contributed by atoms with E-state index in [2.05, 4.69) is 25.3 Å². The molecule has 6 nitrogen and oxygen atoms in total. The third kappa shape index (κ3) is 6.74. The van der Waals surface area contributed by atoms with E-state index in [-0.39, 0.29) is 11.8 Å². The first-order chi connectivity index (χ1) is 16.2. The highest BCUT2D eigenvalue weighted by Crippen LogP contribution is 2.30. The average molecular weight is 492 g/mol. The minimum Gasteiger partial charge on any atom is -0.406 e. The lowest BCUT2D eigenvalue weighted by molar-refractivity contribution is -0.274. The Bertz CT molecular complexity index is 1100. The van der Waals surface area contributed by atoms with Crippen molar-refractivity contribution < 1.29 is 17.9 Å². The summed E-state index contributed by atoms with van der Waals surface area (Å²) in [7, 11) is 0. The Hall–Kier alpha value is -3.04. The molecule has 0 aliphatic heterocycles. The van der Waals surface area contributed by atoms with Gasteiger partial charge in [-0.2, -0.15) is 0 Å². The van der Waals surface area contributed by atoms with Crippen molar-refractivity contribution in [1.82, 2.24) is 9.97 Å². The van der Waals surface area contributed by atoms with Crippen molar-refractivity contribution in [3.63, 3.8) is 0 Å². The number of alkyl halides is 3. The van der Waals surface area contributed by atoms with Crippen molar-refractivity contribution in [2.24, 2.45) is 5.73 Å². The van der Waals surface area contributed by atoms with Gasteiger partial charge in [-0.05, 0) is 61.6 Å². The van der Waals surface area contributed by atoms with E-state index < -0.39 is 6.36 Å². The van der Waals surface area contributed by atoms with Crippen molar-refractivity contribution in [1.29, 1.82) is 0 Å². The molecule has 3 aromatic rings. The fourth-order valence-electron chi connectivity index (χ4n) is 3.87. The smallest absolute Gasteiger partial charge is 0.406 e. The summed E-state index contributed by atoms with van der Waals surface area (Å²) in [6, 6.07) is 13.7. The highest BCUT2D eigenvalue weighted by molar-refractivity contribution is 6.33. The fourth-order valence-corrected chi connectivity index (χ4v) is 4.07. The Morgan fingerprint density at radius 1 is 1.03 bits per heavy atom. The number of hydrogen-bond donors (Lipinski definition) is 3. The van der Waals surface area contributed by atoms with E-state index in [1.54, 1.807) is 18.3 Å². The maximum atomic E-state index is 12.3. The quantitative estimate of drug-likeness (QED) is 0.376. The lowest BCUT2D eigenvalue weighted by atomic mass is 9.92. The molecular weight excluding hydrogens is 467 g/mol. The first-order valence-corrected chi connectivity index (χ1v) is 11.4. The van der Waals surface area contributed by atoms with Crippen LogP contribution < -0.4 is 21.1 Å². The van der Waals surface area contributed by atoms with Crippen LogP contribution in [0.3, 0.4) is 0 Å². The van der Waals surface area contributed by atoms with Crippen molar-refractivity contribution in [2.45, 2.75) is 50.7 Å². The second-order valence-electron chi connectivity index (χ2n) is 8.26. The Morgan fingerprint density at radius 3 is 2.47 bits per heavy atom. The number of ether oxygens (including phenoxy) is 1. The van der Waals surface area contributed by atoms with Crippen LogP contribution in [0.5, 0.6) is 5.75 Å². The number of halogens is 4. The number of nitrogens with one attached hydrogen (secondary N) is 2. The second kappa shape index (κ2) is 10.5. The molecular formula is C24H25ClF3N5O. The first kappa shape index (κ1) is 24.1.